The Labute approximate surface area is 106 Å². The van der Waals surface area contributed by atoms with Crippen molar-refractivity contribution >= 4 is 5.69 Å². The van der Waals surface area contributed by atoms with Crippen LogP contribution in [0.1, 0.15) is 24.1 Å². The molecule has 0 aliphatic carbocycles. The largest absolute Gasteiger partial charge is 0.507 e. The molecule has 1 atom stereocenters. The van der Waals surface area contributed by atoms with Gasteiger partial charge in [0.25, 0.3) is 0 Å². The van der Waals surface area contributed by atoms with Crippen LogP contribution in [0, 0.1) is 12.7 Å². The second-order valence-electron chi connectivity index (χ2n) is 4.44. The van der Waals surface area contributed by atoms with Crippen LogP contribution in [0.4, 0.5) is 10.1 Å². The van der Waals surface area contributed by atoms with E-state index in [4.69, 9.17) is 0 Å². The topological polar surface area (TPSA) is 32.3 Å². The number of hydrogen-bond donors (Lipinski definition) is 2. The molecule has 3 heteroatoms. The maximum Gasteiger partial charge on any atom is 0.126 e. The molecular formula is C15H16FNO. The monoisotopic (exact) mass is 245 g/mol. The third-order valence-electron chi connectivity index (χ3n) is 2.89. The zero-order valence-electron chi connectivity index (χ0n) is 10.4. The molecule has 0 fully saturated rings. The van der Waals surface area contributed by atoms with E-state index < -0.39 is 5.82 Å². The van der Waals surface area contributed by atoms with Crippen LogP contribution in [-0.2, 0) is 0 Å². The van der Waals surface area contributed by atoms with Gasteiger partial charge in [0, 0.05) is 17.3 Å². The van der Waals surface area contributed by atoms with Gasteiger partial charge in [0.1, 0.15) is 11.6 Å². The van der Waals surface area contributed by atoms with Crippen molar-refractivity contribution in [1.29, 1.82) is 0 Å². The van der Waals surface area contributed by atoms with E-state index in [0.29, 0.717) is 5.56 Å². The van der Waals surface area contributed by atoms with E-state index in [1.165, 1.54) is 11.6 Å². The minimum absolute atomic E-state index is 0.0258. The fraction of sp³-hybridized carbons (Fsp3) is 0.200. The van der Waals surface area contributed by atoms with E-state index in [2.05, 4.69) is 5.32 Å². The lowest BCUT2D eigenvalue weighted by Crippen LogP contribution is -2.06. The highest BCUT2D eigenvalue weighted by Crippen LogP contribution is 2.27. The van der Waals surface area contributed by atoms with Crippen molar-refractivity contribution in [3.05, 3.63) is 59.4 Å². The van der Waals surface area contributed by atoms with Crippen molar-refractivity contribution in [2.45, 2.75) is 19.9 Å². The number of rotatable bonds is 3. The van der Waals surface area contributed by atoms with Crippen LogP contribution in [0.15, 0.2) is 42.5 Å². The first kappa shape index (κ1) is 12.4. The van der Waals surface area contributed by atoms with Crippen LogP contribution in [0.2, 0.25) is 0 Å². The molecule has 0 heterocycles. The molecule has 1 unspecified atom stereocenters. The van der Waals surface area contributed by atoms with Crippen molar-refractivity contribution in [3.8, 4) is 5.75 Å². The molecule has 2 N–H and O–H groups in total. The van der Waals surface area contributed by atoms with Crippen LogP contribution in [0.5, 0.6) is 5.75 Å². The second kappa shape index (κ2) is 5.08. The predicted molar refractivity (Wildman–Crippen MR) is 71.3 cm³/mol. The lowest BCUT2D eigenvalue weighted by atomic mass is 10.1. The zero-order chi connectivity index (χ0) is 13.1. The normalized spacial score (nSPS) is 12.2. The number of hydrogen-bond acceptors (Lipinski definition) is 2. The molecule has 2 rings (SSSR count). The molecule has 2 nitrogen and oxygen atoms in total. The summed E-state index contributed by atoms with van der Waals surface area (Å²) in [4.78, 5) is 0. The van der Waals surface area contributed by atoms with Gasteiger partial charge in [0.2, 0.25) is 0 Å². The van der Waals surface area contributed by atoms with E-state index in [0.717, 1.165) is 11.8 Å². The Balaban J connectivity index is 2.16. The standard InChI is InChI=1S/C15H16FNO/c1-10-3-6-13(7-4-10)17-11(2)14-8-5-12(16)9-15(14)18/h3-9,11,17-18H,1-2H3. The fourth-order valence-corrected chi connectivity index (χ4v) is 1.86. The lowest BCUT2D eigenvalue weighted by molar-refractivity contribution is 0.459. The Morgan fingerprint density at radius 2 is 1.78 bits per heavy atom. The van der Waals surface area contributed by atoms with E-state index in [1.807, 2.05) is 38.1 Å². The molecule has 0 saturated carbocycles. The van der Waals surface area contributed by atoms with Gasteiger partial charge in [-0.15, -0.1) is 0 Å². The number of nitrogens with one attached hydrogen (secondary N) is 1. The van der Waals surface area contributed by atoms with E-state index >= 15 is 0 Å². The number of halogens is 1. The first-order valence-corrected chi connectivity index (χ1v) is 5.88. The summed E-state index contributed by atoms with van der Waals surface area (Å²) in [6, 6.07) is 12.0. The lowest BCUT2D eigenvalue weighted by Gasteiger charge is -2.17. The Morgan fingerprint density at radius 1 is 1.11 bits per heavy atom. The van der Waals surface area contributed by atoms with Crippen molar-refractivity contribution in [2.24, 2.45) is 0 Å². The summed E-state index contributed by atoms with van der Waals surface area (Å²) in [6.45, 7) is 3.95. The van der Waals surface area contributed by atoms with E-state index in [1.54, 1.807) is 6.07 Å². The molecular weight excluding hydrogens is 229 g/mol. The van der Waals surface area contributed by atoms with Crippen molar-refractivity contribution < 1.29 is 9.50 Å². The molecule has 2 aromatic rings. The highest BCUT2D eigenvalue weighted by atomic mass is 19.1. The van der Waals surface area contributed by atoms with Gasteiger partial charge in [-0.2, -0.15) is 0 Å². The van der Waals surface area contributed by atoms with Crippen LogP contribution in [0.3, 0.4) is 0 Å². The van der Waals surface area contributed by atoms with Crippen LogP contribution < -0.4 is 5.32 Å². The molecule has 0 saturated heterocycles. The summed E-state index contributed by atoms with van der Waals surface area (Å²) in [5.74, 6) is -0.458. The van der Waals surface area contributed by atoms with E-state index in [-0.39, 0.29) is 11.8 Å². The third kappa shape index (κ3) is 2.80. The summed E-state index contributed by atoms with van der Waals surface area (Å²) in [5, 5.41) is 13.0. The van der Waals surface area contributed by atoms with Crippen molar-refractivity contribution in [2.75, 3.05) is 5.32 Å². The minimum Gasteiger partial charge on any atom is -0.507 e. The molecule has 18 heavy (non-hydrogen) atoms. The van der Waals surface area contributed by atoms with Gasteiger partial charge < -0.3 is 10.4 Å². The Kier molecular flexibility index (Phi) is 3.51. The fourth-order valence-electron chi connectivity index (χ4n) is 1.86. The molecule has 0 radical (unpaired) electrons. The zero-order valence-corrected chi connectivity index (χ0v) is 10.4. The number of phenolic OH excluding ortho intramolecular Hbond substituents is 1. The van der Waals surface area contributed by atoms with Crippen LogP contribution in [0.25, 0.3) is 0 Å². The maximum absolute atomic E-state index is 12.9. The smallest absolute Gasteiger partial charge is 0.126 e. The maximum atomic E-state index is 12.9. The van der Waals surface area contributed by atoms with Gasteiger partial charge in [-0.3, -0.25) is 0 Å². The molecule has 0 amide bonds. The van der Waals surface area contributed by atoms with Gasteiger partial charge in [0.15, 0.2) is 0 Å². The van der Waals surface area contributed by atoms with Gasteiger partial charge in [-0.1, -0.05) is 23.8 Å². The van der Waals surface area contributed by atoms with Gasteiger partial charge in [-0.05, 0) is 32.0 Å². The first-order chi connectivity index (χ1) is 8.56. The SMILES string of the molecule is Cc1ccc(NC(C)c2ccc(F)cc2O)cc1. The summed E-state index contributed by atoms with van der Waals surface area (Å²) in [7, 11) is 0. The van der Waals surface area contributed by atoms with E-state index in [9.17, 15) is 9.50 Å². The minimum atomic E-state index is -0.432. The van der Waals surface area contributed by atoms with Gasteiger partial charge in [-0.25, -0.2) is 4.39 Å². The summed E-state index contributed by atoms with van der Waals surface area (Å²) >= 11 is 0. The average Bonchev–Trinajstić information content (AvgIpc) is 2.32. The summed E-state index contributed by atoms with van der Waals surface area (Å²) < 4.78 is 12.9. The molecule has 0 aliphatic heterocycles. The average molecular weight is 245 g/mol. The number of anilines is 1. The number of benzene rings is 2. The molecule has 0 bridgehead atoms. The van der Waals surface area contributed by atoms with Crippen molar-refractivity contribution in [1.82, 2.24) is 0 Å². The van der Waals surface area contributed by atoms with Crippen molar-refractivity contribution in [3.63, 3.8) is 0 Å². The second-order valence-corrected chi connectivity index (χ2v) is 4.44. The number of aromatic hydroxyl groups is 1. The quantitative estimate of drug-likeness (QED) is 0.856. The molecule has 94 valence electrons. The Bertz CT molecular complexity index is 537. The predicted octanol–water partition coefficient (Wildman–Crippen LogP) is 4.01. The van der Waals surface area contributed by atoms with Gasteiger partial charge in [0.05, 0.1) is 6.04 Å². The summed E-state index contributed by atoms with van der Waals surface area (Å²) in [6.07, 6.45) is 0. The third-order valence-corrected chi connectivity index (χ3v) is 2.89. The Hall–Kier alpha value is -2.03. The highest BCUT2D eigenvalue weighted by molar-refractivity contribution is 5.48. The first-order valence-electron chi connectivity index (χ1n) is 5.88. The molecule has 2 aromatic carbocycles. The Morgan fingerprint density at radius 3 is 2.39 bits per heavy atom. The number of phenols is 1. The molecule has 0 aromatic heterocycles. The van der Waals surface area contributed by atoms with Gasteiger partial charge >= 0.3 is 0 Å². The van der Waals surface area contributed by atoms with Crippen LogP contribution >= 0.6 is 0 Å². The van der Waals surface area contributed by atoms with Crippen LogP contribution in [-0.4, -0.2) is 5.11 Å². The molecule has 0 aliphatic rings. The highest BCUT2D eigenvalue weighted by Gasteiger charge is 2.10. The summed E-state index contributed by atoms with van der Waals surface area (Å²) in [5.41, 5.74) is 2.84. The number of aryl methyl sites for hydroxylation is 1. The molecule has 0 spiro atoms.